The van der Waals surface area contributed by atoms with E-state index in [1.54, 1.807) is 39.3 Å². The Balaban J connectivity index is 6.51. The maximum absolute atomic E-state index is 14.3. The van der Waals surface area contributed by atoms with Crippen molar-refractivity contribution in [3.8, 4) is 0 Å². The number of alkyl halides is 6. The second-order valence-corrected chi connectivity index (χ2v) is 20.6. The molecule has 0 bridgehead atoms. The zero-order valence-corrected chi connectivity index (χ0v) is 25.4. The molecule has 0 heterocycles. The number of hydrogen-bond donors (Lipinski definition) is 0. The van der Waals surface area contributed by atoms with Crippen LogP contribution in [0.15, 0.2) is 0 Å². The molecule has 0 aliphatic heterocycles. The summed E-state index contributed by atoms with van der Waals surface area (Å²) in [5, 5.41) is 0. The fraction of sp³-hybridized carbons (Fsp3) is 0.960. The van der Waals surface area contributed by atoms with E-state index in [1.807, 2.05) is 13.8 Å². The smallest absolute Gasteiger partial charge is 0.405 e. The lowest BCUT2D eigenvalue weighted by Crippen LogP contribution is -2.53. The van der Waals surface area contributed by atoms with Crippen LogP contribution in [0.3, 0.4) is 0 Å². The fourth-order valence-electron chi connectivity index (χ4n) is 4.26. The second-order valence-electron chi connectivity index (χ2n) is 11.7. The average Bonchev–Trinajstić information content (AvgIpc) is 2.68. The normalized spacial score (nSPS) is 17.1. The van der Waals surface area contributed by atoms with Crippen molar-refractivity contribution in [2.24, 2.45) is 11.8 Å². The van der Waals surface area contributed by atoms with Gasteiger partial charge in [-0.2, -0.15) is 26.3 Å². The molecule has 11 heteroatoms. The maximum Gasteiger partial charge on any atom is 0.414 e. The molecule has 0 saturated heterocycles. The van der Waals surface area contributed by atoms with Crippen LogP contribution in [-0.4, -0.2) is 47.0 Å². The maximum atomic E-state index is 14.3. The summed E-state index contributed by atoms with van der Waals surface area (Å²) in [6, 6.07) is 0. The molecule has 216 valence electrons. The molecule has 0 N–H and O–H groups in total. The third-order valence-electron chi connectivity index (χ3n) is 5.81. The van der Waals surface area contributed by atoms with E-state index in [1.165, 1.54) is 0 Å². The third-order valence-corrected chi connectivity index (χ3v) is 7.73. The van der Waals surface area contributed by atoms with Gasteiger partial charge in [-0.15, -0.1) is 0 Å². The lowest BCUT2D eigenvalue weighted by Gasteiger charge is -2.38. The molecule has 0 amide bonds. The molecule has 0 rings (SSSR count). The van der Waals surface area contributed by atoms with E-state index in [9.17, 15) is 31.1 Å². The Morgan fingerprint density at radius 3 is 1.14 bits per heavy atom. The van der Waals surface area contributed by atoms with Gasteiger partial charge in [0.15, 0.2) is 28.8 Å². The molecular weight excluding hydrogens is 518 g/mol. The summed E-state index contributed by atoms with van der Waals surface area (Å²) < 4.78 is 96.5. The summed E-state index contributed by atoms with van der Waals surface area (Å²) >= 11 is 0. The molecular formula is C25H48F6O3Si2. The first-order valence-corrected chi connectivity index (χ1v) is 20.1. The number of ketones is 1. The fourth-order valence-corrected chi connectivity index (χ4v) is 6.38. The Labute approximate surface area is 216 Å². The predicted molar refractivity (Wildman–Crippen MR) is 138 cm³/mol. The van der Waals surface area contributed by atoms with Crippen molar-refractivity contribution in [3.63, 3.8) is 0 Å². The number of Topliss-reactive ketones (excluding diaryl/α,β-unsaturated/α-hetero) is 1. The van der Waals surface area contributed by atoms with E-state index < -0.39 is 58.8 Å². The van der Waals surface area contributed by atoms with Crippen LogP contribution >= 0.6 is 0 Å². The molecule has 0 fully saturated rings. The van der Waals surface area contributed by atoms with Gasteiger partial charge in [-0.3, -0.25) is 4.79 Å². The van der Waals surface area contributed by atoms with Crippen molar-refractivity contribution in [1.29, 1.82) is 0 Å². The van der Waals surface area contributed by atoms with Crippen molar-refractivity contribution in [2.45, 2.75) is 142 Å². The number of carbonyl (C=O) groups excluding carboxylic acids is 1. The van der Waals surface area contributed by atoms with Crippen molar-refractivity contribution in [2.75, 3.05) is 0 Å². The highest BCUT2D eigenvalue weighted by molar-refractivity contribution is 6.70. The van der Waals surface area contributed by atoms with Gasteiger partial charge in [0.05, 0.1) is 11.8 Å². The molecule has 3 nitrogen and oxygen atoms in total. The van der Waals surface area contributed by atoms with Gasteiger partial charge < -0.3 is 8.85 Å². The number of hydrogen-bond acceptors (Lipinski definition) is 3. The van der Waals surface area contributed by atoms with E-state index >= 15 is 0 Å². The van der Waals surface area contributed by atoms with Crippen LogP contribution in [-0.2, 0) is 13.6 Å². The van der Waals surface area contributed by atoms with E-state index in [-0.39, 0.29) is 12.8 Å². The Morgan fingerprint density at radius 2 is 0.917 bits per heavy atom. The van der Waals surface area contributed by atoms with Crippen LogP contribution < -0.4 is 0 Å². The molecule has 0 spiro atoms. The Bertz CT molecular complexity index is 575. The molecule has 0 aromatic heterocycles. The van der Waals surface area contributed by atoms with Crippen LogP contribution in [0.5, 0.6) is 0 Å². The molecule has 0 radical (unpaired) electrons. The van der Waals surface area contributed by atoms with Gasteiger partial charge in [0, 0.05) is 0 Å². The number of rotatable bonds is 18. The van der Waals surface area contributed by atoms with Crippen molar-refractivity contribution >= 4 is 22.4 Å². The lowest BCUT2D eigenvalue weighted by molar-refractivity contribution is -0.225. The highest BCUT2D eigenvalue weighted by Crippen LogP contribution is 2.40. The van der Waals surface area contributed by atoms with E-state index in [4.69, 9.17) is 8.85 Å². The Hall–Kier alpha value is -0.396. The van der Waals surface area contributed by atoms with Gasteiger partial charge in [-0.25, -0.2) is 0 Å². The van der Waals surface area contributed by atoms with Crippen molar-refractivity contribution in [3.05, 3.63) is 0 Å². The highest BCUT2D eigenvalue weighted by Gasteiger charge is 2.55. The number of unbranched alkanes of at least 4 members (excludes halogenated alkanes) is 6. The van der Waals surface area contributed by atoms with Crippen LogP contribution in [0, 0.1) is 11.8 Å². The van der Waals surface area contributed by atoms with Gasteiger partial charge in [-0.05, 0) is 52.1 Å². The van der Waals surface area contributed by atoms with Gasteiger partial charge in [0.1, 0.15) is 5.78 Å². The number of carbonyl (C=O) groups is 1. The van der Waals surface area contributed by atoms with Gasteiger partial charge in [-0.1, -0.05) is 65.2 Å². The molecule has 0 aliphatic rings. The molecule has 4 unspecified atom stereocenters. The van der Waals surface area contributed by atoms with Gasteiger partial charge in [0.25, 0.3) is 0 Å². The number of halogens is 6. The third kappa shape index (κ3) is 14.5. The van der Waals surface area contributed by atoms with Gasteiger partial charge in [0.2, 0.25) is 0 Å². The molecule has 0 aromatic rings. The minimum Gasteiger partial charge on any atom is -0.405 e. The standard InChI is InChI=1S/C25H48F6O3Si2/c1-9-11-13-15-17-19(22(24(26,27)28)33-35(3,4)5)21(32)20(18-16-14-12-10-2)23(25(29,30)31)34-36(6,7)8/h19-20,22-23H,9-18H2,1-8H3. The monoisotopic (exact) mass is 566 g/mol. The molecule has 0 saturated carbocycles. The molecule has 36 heavy (non-hydrogen) atoms. The average molecular weight is 567 g/mol. The summed E-state index contributed by atoms with van der Waals surface area (Å²) in [6.45, 7) is 13.4. The molecule has 4 atom stereocenters. The largest absolute Gasteiger partial charge is 0.414 e. The first-order valence-electron chi connectivity index (χ1n) is 13.3. The summed E-state index contributed by atoms with van der Waals surface area (Å²) in [7, 11) is -5.57. The summed E-state index contributed by atoms with van der Waals surface area (Å²) in [4.78, 5) is 13.8. The zero-order valence-electron chi connectivity index (χ0n) is 23.4. The Kier molecular flexibility index (Phi) is 15.1. The quantitative estimate of drug-likeness (QED) is 0.0942. The van der Waals surface area contributed by atoms with Crippen molar-refractivity contribution in [1.82, 2.24) is 0 Å². The topological polar surface area (TPSA) is 35.5 Å². The Morgan fingerprint density at radius 1 is 0.611 bits per heavy atom. The first-order chi connectivity index (χ1) is 16.2. The summed E-state index contributed by atoms with van der Waals surface area (Å²) in [5.74, 6) is -4.41. The molecule has 0 aliphatic carbocycles. The first kappa shape index (κ1) is 35.6. The van der Waals surface area contributed by atoms with Crippen LogP contribution in [0.25, 0.3) is 0 Å². The summed E-state index contributed by atoms with van der Waals surface area (Å²) in [5.41, 5.74) is 0. The minimum absolute atomic E-state index is 0.156. The minimum atomic E-state index is -4.87. The highest BCUT2D eigenvalue weighted by atomic mass is 28.4. The van der Waals surface area contributed by atoms with Crippen LogP contribution in [0.2, 0.25) is 39.3 Å². The lowest BCUT2D eigenvalue weighted by atomic mass is 9.79. The van der Waals surface area contributed by atoms with Gasteiger partial charge >= 0.3 is 12.4 Å². The van der Waals surface area contributed by atoms with Crippen LogP contribution in [0.1, 0.15) is 78.1 Å². The van der Waals surface area contributed by atoms with E-state index in [2.05, 4.69) is 0 Å². The van der Waals surface area contributed by atoms with E-state index in [0.29, 0.717) is 25.7 Å². The van der Waals surface area contributed by atoms with E-state index in [0.717, 1.165) is 25.7 Å². The van der Waals surface area contributed by atoms with Crippen molar-refractivity contribution < 1.29 is 40.0 Å². The SMILES string of the molecule is CCCCCCC(C(=O)C(CCCCCC)C(O[Si](C)(C)C)C(F)(F)F)C(O[Si](C)(C)C)C(F)(F)F. The van der Waals surface area contributed by atoms with Crippen LogP contribution in [0.4, 0.5) is 26.3 Å². The zero-order chi connectivity index (χ0) is 28.4. The molecule has 0 aromatic carbocycles. The summed E-state index contributed by atoms with van der Waals surface area (Å²) in [6.07, 6.45) is -9.81. The second kappa shape index (κ2) is 15.3. The predicted octanol–water partition coefficient (Wildman–Crippen LogP) is 9.29.